The molecule has 1 aromatic heterocycles. The molecule has 3 rings (SSSR count). The standard InChI is InChI=1S/C13H12ClFN2O2S/c14-7-11-6-12(8-16-11)20(18,19)17-4-3-9-1-2-10(15)5-13(9)17/h1-2,5-6,8,16H,3-4,7H2. The van der Waals surface area contributed by atoms with Crippen LogP contribution in [0.1, 0.15) is 11.3 Å². The zero-order chi connectivity index (χ0) is 14.3. The van der Waals surface area contributed by atoms with Gasteiger partial charge in [0.05, 0.1) is 11.6 Å². The molecule has 0 amide bonds. The first kappa shape index (κ1) is 13.5. The van der Waals surface area contributed by atoms with Crippen LogP contribution in [0.2, 0.25) is 0 Å². The number of hydrogen-bond donors (Lipinski definition) is 1. The largest absolute Gasteiger partial charge is 0.363 e. The third-order valence-electron chi connectivity index (χ3n) is 3.35. The summed E-state index contributed by atoms with van der Waals surface area (Å²) in [6, 6.07) is 5.73. The van der Waals surface area contributed by atoms with E-state index in [2.05, 4.69) is 4.98 Å². The third kappa shape index (κ3) is 2.09. The second-order valence-corrected chi connectivity index (χ2v) is 6.72. The predicted octanol–water partition coefficient (Wildman–Crippen LogP) is 2.64. The lowest BCUT2D eigenvalue weighted by molar-refractivity contribution is 0.592. The van der Waals surface area contributed by atoms with E-state index in [0.717, 1.165) is 5.56 Å². The van der Waals surface area contributed by atoms with Crippen LogP contribution in [0.4, 0.5) is 10.1 Å². The molecule has 0 spiro atoms. The SMILES string of the molecule is O=S(=O)(c1c[nH]c(CCl)c1)N1CCc2ccc(F)cc21. The first-order valence-electron chi connectivity index (χ1n) is 6.07. The van der Waals surface area contributed by atoms with Crippen LogP contribution in [0.5, 0.6) is 0 Å². The van der Waals surface area contributed by atoms with Gasteiger partial charge < -0.3 is 4.98 Å². The molecule has 106 valence electrons. The zero-order valence-corrected chi connectivity index (χ0v) is 12.0. The van der Waals surface area contributed by atoms with Crippen molar-refractivity contribution < 1.29 is 12.8 Å². The number of fused-ring (bicyclic) bond motifs is 1. The number of aromatic amines is 1. The Balaban J connectivity index is 2.04. The van der Waals surface area contributed by atoms with Gasteiger partial charge >= 0.3 is 0 Å². The van der Waals surface area contributed by atoms with Gasteiger partial charge in [-0.25, -0.2) is 12.8 Å². The molecule has 0 bridgehead atoms. The molecule has 0 fully saturated rings. The van der Waals surface area contributed by atoms with Gasteiger partial charge in [0, 0.05) is 18.4 Å². The fourth-order valence-electron chi connectivity index (χ4n) is 2.34. The minimum absolute atomic E-state index is 0.144. The molecular formula is C13H12ClFN2O2S. The van der Waals surface area contributed by atoms with Crippen LogP contribution >= 0.6 is 11.6 Å². The maximum absolute atomic E-state index is 13.3. The van der Waals surface area contributed by atoms with Crippen molar-refractivity contribution in [1.29, 1.82) is 0 Å². The highest BCUT2D eigenvalue weighted by molar-refractivity contribution is 7.92. The van der Waals surface area contributed by atoms with E-state index in [9.17, 15) is 12.8 Å². The Bertz CT molecular complexity index is 757. The molecular weight excluding hydrogens is 303 g/mol. The number of benzene rings is 1. The van der Waals surface area contributed by atoms with Gasteiger partial charge in [-0.15, -0.1) is 11.6 Å². The molecule has 0 saturated carbocycles. The molecule has 1 aliphatic rings. The van der Waals surface area contributed by atoms with Crippen LogP contribution < -0.4 is 4.31 Å². The van der Waals surface area contributed by atoms with Gasteiger partial charge in [0.2, 0.25) is 0 Å². The fourth-order valence-corrected chi connectivity index (χ4v) is 4.01. The summed E-state index contributed by atoms with van der Waals surface area (Å²) in [5.41, 5.74) is 1.88. The zero-order valence-electron chi connectivity index (χ0n) is 10.4. The van der Waals surface area contributed by atoms with Gasteiger partial charge in [-0.2, -0.15) is 0 Å². The maximum atomic E-state index is 13.3. The van der Waals surface area contributed by atoms with Crippen molar-refractivity contribution in [3.05, 3.63) is 47.5 Å². The molecule has 7 heteroatoms. The number of halogens is 2. The molecule has 1 aliphatic heterocycles. The number of nitrogens with one attached hydrogen (secondary N) is 1. The molecule has 2 heterocycles. The van der Waals surface area contributed by atoms with E-state index in [-0.39, 0.29) is 10.8 Å². The van der Waals surface area contributed by atoms with Gasteiger partial charge in [0.1, 0.15) is 10.7 Å². The van der Waals surface area contributed by atoms with E-state index in [1.54, 1.807) is 6.07 Å². The van der Waals surface area contributed by atoms with Crippen LogP contribution in [0.25, 0.3) is 0 Å². The molecule has 0 radical (unpaired) electrons. The molecule has 0 aliphatic carbocycles. The lowest BCUT2D eigenvalue weighted by atomic mass is 10.2. The number of hydrogen-bond acceptors (Lipinski definition) is 2. The van der Waals surface area contributed by atoms with Crippen molar-refractivity contribution in [2.45, 2.75) is 17.2 Å². The van der Waals surface area contributed by atoms with Crippen molar-refractivity contribution >= 4 is 27.3 Å². The van der Waals surface area contributed by atoms with Crippen LogP contribution in [-0.2, 0) is 22.3 Å². The summed E-state index contributed by atoms with van der Waals surface area (Å²) in [6.45, 7) is 0.322. The number of anilines is 1. The van der Waals surface area contributed by atoms with Crippen molar-refractivity contribution in [3.8, 4) is 0 Å². The van der Waals surface area contributed by atoms with E-state index < -0.39 is 15.8 Å². The van der Waals surface area contributed by atoms with Crippen molar-refractivity contribution in [2.75, 3.05) is 10.8 Å². The summed E-state index contributed by atoms with van der Waals surface area (Å²) >= 11 is 5.66. The lowest BCUT2D eigenvalue weighted by Crippen LogP contribution is -2.28. The fraction of sp³-hybridized carbons (Fsp3) is 0.231. The minimum Gasteiger partial charge on any atom is -0.363 e. The molecule has 2 aromatic rings. The molecule has 0 unspecified atom stereocenters. The molecule has 0 saturated heterocycles. The summed E-state index contributed by atoms with van der Waals surface area (Å²) in [5, 5.41) is 0. The lowest BCUT2D eigenvalue weighted by Gasteiger charge is -2.18. The Labute approximate surface area is 121 Å². The third-order valence-corrected chi connectivity index (χ3v) is 5.43. The summed E-state index contributed by atoms with van der Waals surface area (Å²) in [6.07, 6.45) is 1.99. The molecule has 0 atom stereocenters. The van der Waals surface area contributed by atoms with Gasteiger partial charge in [-0.1, -0.05) is 6.07 Å². The quantitative estimate of drug-likeness (QED) is 0.886. The molecule has 4 nitrogen and oxygen atoms in total. The number of aromatic nitrogens is 1. The summed E-state index contributed by atoms with van der Waals surface area (Å²) in [5.74, 6) is -0.234. The van der Waals surface area contributed by atoms with Gasteiger partial charge in [-0.3, -0.25) is 4.31 Å². The number of rotatable bonds is 3. The Morgan fingerprint density at radius 3 is 2.85 bits per heavy atom. The minimum atomic E-state index is -3.68. The molecule has 1 aromatic carbocycles. The highest BCUT2D eigenvalue weighted by Crippen LogP contribution is 2.33. The van der Waals surface area contributed by atoms with Crippen LogP contribution in [0.15, 0.2) is 35.4 Å². The monoisotopic (exact) mass is 314 g/mol. The second kappa shape index (κ2) is 4.79. The van der Waals surface area contributed by atoms with E-state index in [1.807, 2.05) is 0 Å². The van der Waals surface area contributed by atoms with E-state index in [0.29, 0.717) is 24.3 Å². The van der Waals surface area contributed by atoms with Crippen molar-refractivity contribution in [3.63, 3.8) is 0 Å². The van der Waals surface area contributed by atoms with Crippen LogP contribution in [0.3, 0.4) is 0 Å². The Morgan fingerprint density at radius 2 is 2.15 bits per heavy atom. The predicted molar refractivity (Wildman–Crippen MR) is 75.0 cm³/mol. The summed E-state index contributed by atoms with van der Waals surface area (Å²) in [7, 11) is -3.68. The molecule has 20 heavy (non-hydrogen) atoms. The van der Waals surface area contributed by atoms with E-state index in [1.165, 1.54) is 28.7 Å². The Kier molecular flexibility index (Phi) is 3.22. The second-order valence-electron chi connectivity index (χ2n) is 4.59. The maximum Gasteiger partial charge on any atom is 0.265 e. The van der Waals surface area contributed by atoms with Crippen molar-refractivity contribution in [1.82, 2.24) is 4.98 Å². The molecule has 1 N–H and O–H groups in total. The average molecular weight is 315 g/mol. The van der Waals surface area contributed by atoms with Crippen LogP contribution in [0, 0.1) is 5.82 Å². The Hall–Kier alpha value is -1.53. The van der Waals surface area contributed by atoms with Gasteiger partial charge in [0.25, 0.3) is 10.0 Å². The number of alkyl halides is 1. The van der Waals surface area contributed by atoms with E-state index >= 15 is 0 Å². The van der Waals surface area contributed by atoms with Crippen LogP contribution in [-0.4, -0.2) is 19.9 Å². The Morgan fingerprint density at radius 1 is 1.35 bits per heavy atom. The number of H-pyrrole nitrogens is 1. The van der Waals surface area contributed by atoms with E-state index in [4.69, 9.17) is 11.6 Å². The summed E-state index contributed by atoms with van der Waals surface area (Å²) in [4.78, 5) is 2.95. The number of nitrogens with zero attached hydrogens (tertiary/aromatic N) is 1. The van der Waals surface area contributed by atoms with Gasteiger partial charge in [-0.05, 0) is 30.2 Å². The highest BCUT2D eigenvalue weighted by atomic mass is 35.5. The van der Waals surface area contributed by atoms with Crippen molar-refractivity contribution in [2.24, 2.45) is 0 Å². The normalized spacial score (nSPS) is 14.6. The smallest absolute Gasteiger partial charge is 0.265 e. The first-order chi connectivity index (χ1) is 9.52. The topological polar surface area (TPSA) is 53.2 Å². The number of sulfonamides is 1. The average Bonchev–Trinajstić information content (AvgIpc) is 3.05. The first-order valence-corrected chi connectivity index (χ1v) is 8.04. The summed E-state index contributed by atoms with van der Waals surface area (Å²) < 4.78 is 39.7. The highest BCUT2D eigenvalue weighted by Gasteiger charge is 2.31. The van der Waals surface area contributed by atoms with Gasteiger partial charge in [0.15, 0.2) is 0 Å².